The molecule has 4 heteroatoms. The maximum Gasteiger partial charge on any atom is 0.0715 e. The molecule has 12 aromatic carbocycles. The Balaban J connectivity index is 1.10. The van der Waals surface area contributed by atoms with Gasteiger partial charge < -0.3 is 19.6 Å². The minimum absolute atomic E-state index is 0.844. The van der Waals surface area contributed by atoms with Gasteiger partial charge in [0.1, 0.15) is 0 Å². The Morgan fingerprint density at radius 1 is 0.176 bits per heavy atom. The molecule has 0 bridgehead atoms. The van der Waals surface area contributed by atoms with Gasteiger partial charge in [0, 0.05) is 68.2 Å². The van der Waals surface area contributed by atoms with Gasteiger partial charge in [-0.15, -0.1) is 0 Å². The summed E-state index contributed by atoms with van der Waals surface area (Å²) in [4.78, 5) is 9.60. The van der Waals surface area contributed by atoms with Gasteiger partial charge in [0.05, 0.1) is 5.41 Å². The number of aryl methyl sites for hydroxylation is 8. The minimum atomic E-state index is -0.844. The molecule has 0 atom stereocenters. The van der Waals surface area contributed by atoms with Gasteiger partial charge in [-0.3, -0.25) is 0 Å². The van der Waals surface area contributed by atoms with Crippen LogP contribution in [-0.4, -0.2) is 0 Å². The summed E-state index contributed by atoms with van der Waals surface area (Å²) >= 11 is 0. The SMILES string of the molecule is Cc1ccc(N(c2ccc(C)cc2)c2ccc(C3(c4ccc(N(c5ccc(C)cc5)c5ccc(C)cc5)cc4)c4cc(N(c5ccc(C)cc5)c5ccc(C)cc5)ccc4-c4ccc(N(c5ccc(C)cc5)c5ccc(C)cc5)cc43)cc2)cc1. The number of benzene rings is 12. The Bertz CT molecular complexity index is 3830. The van der Waals surface area contributed by atoms with Gasteiger partial charge in [-0.1, -0.05) is 178 Å². The third-order valence-corrected chi connectivity index (χ3v) is 17.1. The van der Waals surface area contributed by atoms with Gasteiger partial charge in [-0.25, -0.2) is 0 Å². The van der Waals surface area contributed by atoms with E-state index in [-0.39, 0.29) is 0 Å². The fourth-order valence-corrected chi connectivity index (χ4v) is 12.4. The zero-order valence-electron chi connectivity index (χ0n) is 49.8. The van der Waals surface area contributed by atoms with Crippen molar-refractivity contribution in [2.24, 2.45) is 0 Å². The Morgan fingerprint density at radius 2 is 0.329 bits per heavy atom. The molecule has 0 radical (unpaired) electrons. The monoisotopic (exact) mass is 1100 g/mol. The van der Waals surface area contributed by atoms with E-state index in [1.54, 1.807) is 0 Å². The second-order valence-electron chi connectivity index (χ2n) is 23.3. The highest BCUT2D eigenvalue weighted by Crippen LogP contribution is 2.59. The van der Waals surface area contributed by atoms with Crippen LogP contribution in [0.15, 0.2) is 279 Å². The number of rotatable bonds is 14. The number of anilines is 12. The van der Waals surface area contributed by atoms with Crippen LogP contribution in [0.25, 0.3) is 11.1 Å². The predicted octanol–water partition coefficient (Wildman–Crippen LogP) is 22.4. The van der Waals surface area contributed by atoms with Crippen LogP contribution in [0.1, 0.15) is 66.8 Å². The second-order valence-corrected chi connectivity index (χ2v) is 23.3. The first-order chi connectivity index (χ1) is 41.4. The van der Waals surface area contributed by atoms with E-state index >= 15 is 0 Å². The molecule has 0 saturated heterocycles. The van der Waals surface area contributed by atoms with Crippen molar-refractivity contribution in [2.75, 3.05) is 19.6 Å². The topological polar surface area (TPSA) is 13.0 Å². The lowest BCUT2D eigenvalue weighted by molar-refractivity contribution is 0.768. The van der Waals surface area contributed by atoms with Crippen molar-refractivity contribution in [1.29, 1.82) is 0 Å². The summed E-state index contributed by atoms with van der Waals surface area (Å²) in [7, 11) is 0. The van der Waals surface area contributed by atoms with E-state index in [4.69, 9.17) is 0 Å². The average molecular weight is 1100 g/mol. The quantitative estimate of drug-likeness (QED) is 0.108. The van der Waals surface area contributed by atoms with Crippen molar-refractivity contribution in [3.8, 4) is 11.1 Å². The van der Waals surface area contributed by atoms with Crippen molar-refractivity contribution < 1.29 is 0 Å². The molecule has 0 spiro atoms. The van der Waals surface area contributed by atoms with Gasteiger partial charge in [0.15, 0.2) is 0 Å². The highest BCUT2D eigenvalue weighted by atomic mass is 15.2. The van der Waals surface area contributed by atoms with Crippen LogP contribution in [0.5, 0.6) is 0 Å². The lowest BCUT2D eigenvalue weighted by atomic mass is 9.67. The molecule has 0 N–H and O–H groups in total. The van der Waals surface area contributed by atoms with E-state index in [2.05, 4.69) is 354 Å². The zero-order chi connectivity index (χ0) is 58.3. The third kappa shape index (κ3) is 10.4. The summed E-state index contributed by atoms with van der Waals surface area (Å²) in [6.07, 6.45) is 0. The summed E-state index contributed by atoms with van der Waals surface area (Å²) in [5.41, 5.74) is 29.2. The normalized spacial score (nSPS) is 12.1. The van der Waals surface area contributed by atoms with Crippen LogP contribution >= 0.6 is 0 Å². The van der Waals surface area contributed by atoms with Gasteiger partial charge in [0.2, 0.25) is 0 Å². The largest absolute Gasteiger partial charge is 0.311 e. The molecule has 1 aliphatic rings. The molecule has 13 rings (SSSR count). The Morgan fingerprint density at radius 3 is 0.518 bits per heavy atom. The van der Waals surface area contributed by atoms with Gasteiger partial charge >= 0.3 is 0 Å². The van der Waals surface area contributed by atoms with Crippen LogP contribution in [0.4, 0.5) is 68.2 Å². The van der Waals surface area contributed by atoms with Crippen molar-refractivity contribution in [3.63, 3.8) is 0 Å². The van der Waals surface area contributed by atoms with Crippen molar-refractivity contribution in [3.05, 3.63) is 346 Å². The molecule has 0 amide bonds. The van der Waals surface area contributed by atoms with Crippen LogP contribution in [0, 0.1) is 55.4 Å². The van der Waals surface area contributed by atoms with Crippen LogP contribution in [0.2, 0.25) is 0 Å². The van der Waals surface area contributed by atoms with Crippen LogP contribution < -0.4 is 19.6 Å². The number of hydrogen-bond donors (Lipinski definition) is 0. The molecular formula is C81H70N4. The van der Waals surface area contributed by atoms with E-state index in [1.807, 2.05) is 0 Å². The Hall–Kier alpha value is -10.2. The van der Waals surface area contributed by atoms with Gasteiger partial charge in [0.25, 0.3) is 0 Å². The van der Waals surface area contributed by atoms with Crippen molar-refractivity contribution >= 4 is 68.2 Å². The second kappa shape index (κ2) is 22.5. The molecular weight excluding hydrogens is 1030 g/mol. The Labute approximate surface area is 502 Å². The van der Waals surface area contributed by atoms with E-state index in [0.29, 0.717) is 0 Å². The average Bonchev–Trinajstić information content (AvgIpc) is 1.72. The number of fused-ring (bicyclic) bond motifs is 3. The standard InChI is InChI=1S/C81H70N4/c1-55-9-29-65(30-10-55)82(66-31-11-56(2)12-32-66)73-45-25-63(26-46-73)81(64-27-47-74(48-28-64)83(67-33-13-57(3)14-34-67)68-35-15-58(4)16-36-68)79-53-75(84(69-37-17-59(5)18-38-69)70-39-19-60(6)20-40-70)49-51-77(79)78-52-50-76(54-80(78)81)85(71-41-21-61(7)22-42-71)72-43-23-62(8)24-44-72/h9-54H,1-8H3. The molecule has 0 unspecified atom stereocenters. The maximum atomic E-state index is 2.49. The lowest BCUT2D eigenvalue weighted by Crippen LogP contribution is -2.29. The molecule has 414 valence electrons. The number of nitrogens with zero attached hydrogens (tertiary/aromatic N) is 4. The van der Waals surface area contributed by atoms with E-state index in [9.17, 15) is 0 Å². The molecule has 0 aromatic heterocycles. The van der Waals surface area contributed by atoms with Crippen LogP contribution in [-0.2, 0) is 5.41 Å². The summed E-state index contributed by atoms with van der Waals surface area (Å²) in [6.45, 7) is 17.2. The summed E-state index contributed by atoms with van der Waals surface area (Å²) in [5.74, 6) is 0. The molecule has 0 saturated carbocycles. The fourth-order valence-electron chi connectivity index (χ4n) is 12.4. The van der Waals surface area contributed by atoms with E-state index in [1.165, 1.54) is 66.8 Å². The minimum Gasteiger partial charge on any atom is -0.311 e. The fraction of sp³-hybridized carbons (Fsp3) is 0.111. The van der Waals surface area contributed by atoms with Crippen molar-refractivity contribution in [2.45, 2.75) is 60.8 Å². The molecule has 4 nitrogen and oxygen atoms in total. The van der Waals surface area contributed by atoms with Gasteiger partial charge in [-0.2, -0.15) is 0 Å². The maximum absolute atomic E-state index is 2.49. The molecule has 85 heavy (non-hydrogen) atoms. The smallest absolute Gasteiger partial charge is 0.0715 e. The predicted molar refractivity (Wildman–Crippen MR) is 360 cm³/mol. The summed E-state index contributed by atoms with van der Waals surface area (Å²) < 4.78 is 0. The third-order valence-electron chi connectivity index (χ3n) is 17.1. The lowest BCUT2D eigenvalue weighted by Gasteiger charge is -2.36. The van der Waals surface area contributed by atoms with Crippen LogP contribution in [0.3, 0.4) is 0 Å². The van der Waals surface area contributed by atoms with E-state index < -0.39 is 5.41 Å². The van der Waals surface area contributed by atoms with Crippen molar-refractivity contribution in [1.82, 2.24) is 0 Å². The zero-order valence-corrected chi connectivity index (χ0v) is 49.8. The highest BCUT2D eigenvalue weighted by Gasteiger charge is 2.47. The summed E-state index contributed by atoms with van der Waals surface area (Å²) in [6, 6.07) is 105. The van der Waals surface area contributed by atoms with Gasteiger partial charge in [-0.05, 0) is 234 Å². The number of hydrogen-bond acceptors (Lipinski definition) is 4. The molecule has 0 aliphatic heterocycles. The Kier molecular flexibility index (Phi) is 14.3. The highest BCUT2D eigenvalue weighted by molar-refractivity contribution is 5.93. The molecule has 0 heterocycles. The first-order valence-corrected chi connectivity index (χ1v) is 29.6. The molecule has 12 aromatic rings. The van der Waals surface area contributed by atoms with E-state index in [0.717, 1.165) is 79.4 Å². The first kappa shape index (κ1) is 54.1. The summed E-state index contributed by atoms with van der Waals surface area (Å²) in [5, 5.41) is 0. The first-order valence-electron chi connectivity index (χ1n) is 29.6. The molecule has 0 fully saturated rings. The molecule has 1 aliphatic carbocycles.